The van der Waals surface area contributed by atoms with Gasteiger partial charge in [-0.1, -0.05) is 45.6 Å². The topological polar surface area (TPSA) is 55.1 Å². The average molecular weight is 352 g/mol. The lowest BCUT2D eigenvalue weighted by molar-refractivity contribution is -0.129. The smallest absolute Gasteiger partial charge is 0.231 e. The minimum absolute atomic E-state index is 0.0950. The van der Waals surface area contributed by atoms with Crippen molar-refractivity contribution in [3.05, 3.63) is 26.7 Å². The van der Waals surface area contributed by atoms with Gasteiger partial charge in [-0.3, -0.25) is 4.79 Å². The first-order chi connectivity index (χ1) is 8.48. The Morgan fingerprint density at radius 2 is 1.94 bits per heavy atom. The Morgan fingerprint density at radius 1 is 1.39 bits per heavy atom. The van der Waals surface area contributed by atoms with Gasteiger partial charge in [-0.05, 0) is 25.0 Å². The lowest BCUT2D eigenvalue weighted by atomic mass is 9.68. The monoisotopic (exact) mass is 350 g/mol. The molecule has 1 aromatic rings. The molecule has 3 N–H and O–H groups in total. The van der Waals surface area contributed by atoms with Crippen molar-refractivity contribution >= 4 is 50.7 Å². The summed E-state index contributed by atoms with van der Waals surface area (Å²) < 4.78 is 0.771. The van der Waals surface area contributed by atoms with Gasteiger partial charge in [0.05, 0.1) is 21.1 Å². The number of nitrogens with two attached hydrogens (primary N) is 1. The van der Waals surface area contributed by atoms with E-state index in [0.717, 1.165) is 23.7 Å². The van der Waals surface area contributed by atoms with Crippen LogP contribution in [0.25, 0.3) is 0 Å². The number of anilines is 1. The molecule has 18 heavy (non-hydrogen) atoms. The Hall–Kier alpha value is -0.290. The molecule has 1 aliphatic rings. The molecule has 1 amide bonds. The molecule has 1 aliphatic carbocycles. The van der Waals surface area contributed by atoms with Gasteiger partial charge in [0, 0.05) is 11.0 Å². The summed E-state index contributed by atoms with van der Waals surface area (Å²) in [5.74, 6) is -0.0950. The fraction of sp³-hybridized carbons (Fsp3) is 0.417. The third-order valence-electron chi connectivity index (χ3n) is 3.43. The summed E-state index contributed by atoms with van der Waals surface area (Å²) in [5, 5.41) is 3.62. The van der Waals surface area contributed by atoms with Crippen LogP contribution in [0.1, 0.15) is 19.3 Å². The van der Waals surface area contributed by atoms with Crippen LogP contribution in [0.4, 0.5) is 5.69 Å². The van der Waals surface area contributed by atoms with Crippen molar-refractivity contribution in [3.63, 3.8) is 0 Å². The second-order valence-electron chi connectivity index (χ2n) is 4.54. The molecule has 0 unspecified atom stereocenters. The Morgan fingerprint density at radius 3 is 2.33 bits per heavy atom. The molecule has 0 bridgehead atoms. The van der Waals surface area contributed by atoms with Crippen molar-refractivity contribution < 1.29 is 4.79 Å². The minimum atomic E-state index is -0.445. The van der Waals surface area contributed by atoms with E-state index in [2.05, 4.69) is 21.2 Å². The molecule has 2 rings (SSSR count). The lowest BCUT2D eigenvalue weighted by Crippen LogP contribution is -2.47. The van der Waals surface area contributed by atoms with Crippen LogP contribution in [0.5, 0.6) is 0 Å². The van der Waals surface area contributed by atoms with Crippen LogP contribution >= 0.6 is 39.1 Å². The molecule has 0 atom stereocenters. The van der Waals surface area contributed by atoms with Crippen molar-refractivity contribution in [1.29, 1.82) is 0 Å². The predicted molar refractivity (Wildman–Crippen MR) is 78.1 cm³/mol. The minimum Gasteiger partial charge on any atom is -0.329 e. The largest absolute Gasteiger partial charge is 0.329 e. The Labute approximate surface area is 124 Å². The number of halogens is 3. The maximum atomic E-state index is 12.2. The molecule has 98 valence electrons. The fourth-order valence-electron chi connectivity index (χ4n) is 2.04. The third-order valence-corrected chi connectivity index (χ3v) is 4.48. The molecule has 0 aromatic heterocycles. The molecular formula is C12H13BrCl2N2O. The maximum absolute atomic E-state index is 12.2. The molecule has 0 spiro atoms. The molecule has 3 nitrogen and oxygen atoms in total. The van der Waals surface area contributed by atoms with Crippen molar-refractivity contribution in [2.45, 2.75) is 19.3 Å². The van der Waals surface area contributed by atoms with E-state index in [1.165, 1.54) is 0 Å². The average Bonchev–Trinajstić information content (AvgIpc) is 2.22. The highest BCUT2D eigenvalue weighted by Crippen LogP contribution is 2.42. The van der Waals surface area contributed by atoms with E-state index in [1.54, 1.807) is 12.1 Å². The zero-order valence-electron chi connectivity index (χ0n) is 9.60. The van der Waals surface area contributed by atoms with Crippen molar-refractivity contribution in [2.75, 3.05) is 11.9 Å². The van der Waals surface area contributed by atoms with E-state index in [4.69, 9.17) is 28.9 Å². The number of amides is 1. The van der Waals surface area contributed by atoms with E-state index >= 15 is 0 Å². The molecular weight excluding hydrogens is 339 g/mol. The normalized spacial score (nSPS) is 17.1. The summed E-state index contributed by atoms with van der Waals surface area (Å²) in [5.41, 5.74) is 5.69. The van der Waals surface area contributed by atoms with Crippen LogP contribution < -0.4 is 11.1 Å². The van der Waals surface area contributed by atoms with Crippen molar-refractivity contribution in [2.24, 2.45) is 11.1 Å². The number of benzene rings is 1. The summed E-state index contributed by atoms with van der Waals surface area (Å²) in [4.78, 5) is 12.2. The van der Waals surface area contributed by atoms with E-state index in [-0.39, 0.29) is 5.91 Å². The van der Waals surface area contributed by atoms with Gasteiger partial charge in [-0.25, -0.2) is 0 Å². The van der Waals surface area contributed by atoms with Crippen molar-refractivity contribution in [1.82, 2.24) is 0 Å². The van der Waals surface area contributed by atoms with Gasteiger partial charge in [0.2, 0.25) is 5.91 Å². The zero-order valence-corrected chi connectivity index (χ0v) is 12.7. The molecule has 0 saturated heterocycles. The van der Waals surface area contributed by atoms with Crippen molar-refractivity contribution in [3.8, 4) is 0 Å². The second-order valence-corrected chi connectivity index (χ2v) is 6.27. The van der Waals surface area contributed by atoms with Crippen LogP contribution in [0.15, 0.2) is 16.6 Å². The summed E-state index contributed by atoms with van der Waals surface area (Å²) >= 11 is 15.4. The van der Waals surface area contributed by atoms with Crippen LogP contribution in [0.3, 0.4) is 0 Å². The summed E-state index contributed by atoms with van der Waals surface area (Å²) in [6.07, 6.45) is 2.68. The fourth-order valence-corrected chi connectivity index (χ4v) is 3.34. The maximum Gasteiger partial charge on any atom is 0.231 e. The van der Waals surface area contributed by atoms with Gasteiger partial charge in [0.25, 0.3) is 0 Å². The van der Waals surface area contributed by atoms with E-state index < -0.39 is 5.41 Å². The van der Waals surface area contributed by atoms with Gasteiger partial charge < -0.3 is 11.1 Å². The molecule has 6 heteroatoms. The predicted octanol–water partition coefficient (Wildman–Crippen LogP) is 3.82. The molecule has 0 aliphatic heterocycles. The number of hydrogen-bond donors (Lipinski definition) is 2. The Balaban J connectivity index is 2.22. The first kappa shape index (κ1) is 14.1. The third kappa shape index (κ3) is 2.52. The number of rotatable bonds is 3. The second kappa shape index (κ2) is 5.37. The first-order valence-corrected chi connectivity index (χ1v) is 7.19. The van der Waals surface area contributed by atoms with Gasteiger partial charge >= 0.3 is 0 Å². The van der Waals surface area contributed by atoms with Crippen LogP contribution in [-0.4, -0.2) is 12.5 Å². The van der Waals surface area contributed by atoms with E-state index in [0.29, 0.717) is 22.3 Å². The quantitative estimate of drug-likeness (QED) is 0.869. The lowest BCUT2D eigenvalue weighted by Gasteiger charge is -2.39. The Kier molecular flexibility index (Phi) is 4.22. The zero-order chi connectivity index (χ0) is 13.3. The number of carbonyl (C=O) groups is 1. The van der Waals surface area contributed by atoms with E-state index in [9.17, 15) is 4.79 Å². The Bertz CT molecular complexity index is 460. The highest BCUT2D eigenvalue weighted by Gasteiger charge is 2.43. The number of nitrogens with one attached hydrogen (secondary N) is 1. The molecule has 0 heterocycles. The van der Waals surface area contributed by atoms with Crippen LogP contribution in [0.2, 0.25) is 10.0 Å². The summed E-state index contributed by atoms with van der Waals surface area (Å²) in [7, 11) is 0. The van der Waals surface area contributed by atoms with Gasteiger partial charge in [-0.15, -0.1) is 0 Å². The SMILES string of the molecule is NCC1(C(=O)Nc2c(Cl)cc(Br)cc2Cl)CCC1. The standard InChI is InChI=1S/C12H13BrCl2N2O/c13-7-4-8(14)10(9(15)5-7)17-11(18)12(6-16)2-1-3-12/h4-5H,1-3,6,16H2,(H,17,18). The first-order valence-electron chi connectivity index (χ1n) is 5.64. The van der Waals surface area contributed by atoms with E-state index in [1.807, 2.05) is 0 Å². The van der Waals surface area contributed by atoms with Crippen LogP contribution in [0, 0.1) is 5.41 Å². The summed E-state index contributed by atoms with van der Waals surface area (Å²) in [6, 6.07) is 3.39. The molecule has 1 saturated carbocycles. The van der Waals surface area contributed by atoms with Gasteiger partial charge in [0.15, 0.2) is 0 Å². The molecule has 0 radical (unpaired) electrons. The van der Waals surface area contributed by atoms with Crippen LogP contribution in [-0.2, 0) is 4.79 Å². The number of carbonyl (C=O) groups excluding carboxylic acids is 1. The van der Waals surface area contributed by atoms with Gasteiger partial charge in [-0.2, -0.15) is 0 Å². The summed E-state index contributed by atoms with van der Waals surface area (Å²) in [6.45, 7) is 0.352. The van der Waals surface area contributed by atoms with Gasteiger partial charge in [0.1, 0.15) is 0 Å². The molecule has 1 aromatic carbocycles. The number of hydrogen-bond acceptors (Lipinski definition) is 2. The molecule has 1 fully saturated rings. The highest BCUT2D eigenvalue weighted by molar-refractivity contribution is 9.10. The highest BCUT2D eigenvalue weighted by atomic mass is 79.9.